The van der Waals surface area contributed by atoms with Gasteiger partial charge in [-0.3, -0.25) is 19.3 Å². The summed E-state index contributed by atoms with van der Waals surface area (Å²) in [5.74, 6) is -3.90. The third kappa shape index (κ3) is 3.72. The summed E-state index contributed by atoms with van der Waals surface area (Å²) in [6, 6.07) is 5.49. The number of aliphatic hydroxyl groups excluding tert-OH is 2. The number of ketones is 2. The number of aromatic hydroxyl groups is 1. The quantitative estimate of drug-likeness (QED) is 0.337. The van der Waals surface area contributed by atoms with Gasteiger partial charge in [-0.2, -0.15) is 0 Å². The van der Waals surface area contributed by atoms with Crippen molar-refractivity contribution in [3.63, 3.8) is 0 Å². The second-order valence-corrected chi connectivity index (χ2v) is 12.4. The molecule has 1 aromatic carbocycles. The molecular formula is C30H35N3O8. The first-order valence-electron chi connectivity index (χ1n) is 13.2. The molecule has 3 aliphatic rings. The number of benzene rings is 1. The Balaban J connectivity index is 1.77. The second kappa shape index (κ2) is 9.04. The first kappa shape index (κ1) is 28.6. The van der Waals surface area contributed by atoms with Crippen LogP contribution in [0.1, 0.15) is 37.2 Å². The highest BCUT2D eigenvalue weighted by Crippen LogP contribution is 2.63. The lowest BCUT2D eigenvalue weighted by atomic mass is 9.46. The van der Waals surface area contributed by atoms with Gasteiger partial charge in [0.2, 0.25) is 5.78 Å². The molecule has 0 aliphatic heterocycles. The van der Waals surface area contributed by atoms with Gasteiger partial charge in [0.1, 0.15) is 34.4 Å². The smallest absolute Gasteiger partial charge is 0.255 e. The van der Waals surface area contributed by atoms with E-state index in [1.807, 2.05) is 25.1 Å². The highest BCUT2D eigenvalue weighted by Gasteiger charge is 2.72. The van der Waals surface area contributed by atoms with Gasteiger partial charge in [-0.05, 0) is 70.9 Å². The van der Waals surface area contributed by atoms with E-state index >= 15 is 0 Å². The lowest BCUT2D eigenvalue weighted by Crippen LogP contribution is -2.72. The van der Waals surface area contributed by atoms with Crippen LogP contribution < -0.4 is 5.73 Å². The van der Waals surface area contributed by atoms with Crippen molar-refractivity contribution in [3.05, 3.63) is 58.1 Å². The molecule has 1 aromatic heterocycles. The fourth-order valence-corrected chi connectivity index (χ4v) is 7.47. The van der Waals surface area contributed by atoms with Crippen LogP contribution in [0.25, 0.3) is 17.1 Å². The Hall–Kier alpha value is -3.93. The van der Waals surface area contributed by atoms with Crippen molar-refractivity contribution in [3.8, 4) is 17.1 Å². The third-order valence-corrected chi connectivity index (χ3v) is 8.91. The molecule has 5 rings (SSSR count). The minimum atomic E-state index is -2.75. The Morgan fingerprint density at radius 1 is 1.07 bits per heavy atom. The van der Waals surface area contributed by atoms with Crippen LogP contribution in [0, 0.1) is 10.8 Å². The molecule has 6 N–H and O–H groups in total. The molecule has 1 fully saturated rings. The highest BCUT2D eigenvalue weighted by atomic mass is 16.4. The van der Waals surface area contributed by atoms with Crippen LogP contribution in [0.3, 0.4) is 0 Å². The number of carbonyl (C=O) groups excluding carboxylic acids is 3. The van der Waals surface area contributed by atoms with Gasteiger partial charge in [-0.1, -0.05) is 13.8 Å². The molecule has 0 spiro atoms. The molecule has 1 heterocycles. The zero-order chi connectivity index (χ0) is 30.4. The lowest BCUT2D eigenvalue weighted by molar-refractivity contribution is -0.175. The van der Waals surface area contributed by atoms with Crippen LogP contribution in [0.15, 0.2) is 45.6 Å². The number of furan rings is 1. The minimum absolute atomic E-state index is 0.00993. The Morgan fingerprint density at radius 2 is 1.73 bits per heavy atom. The Kier molecular flexibility index (Phi) is 6.30. The predicted molar refractivity (Wildman–Crippen MR) is 149 cm³/mol. The number of rotatable bonds is 5. The maximum absolute atomic E-state index is 14.3. The van der Waals surface area contributed by atoms with E-state index in [2.05, 4.69) is 0 Å². The van der Waals surface area contributed by atoms with E-state index in [4.69, 9.17) is 10.2 Å². The van der Waals surface area contributed by atoms with Crippen LogP contribution in [0.4, 0.5) is 0 Å². The van der Waals surface area contributed by atoms with Crippen molar-refractivity contribution < 1.29 is 39.2 Å². The topological polar surface area (TPSA) is 178 Å². The van der Waals surface area contributed by atoms with E-state index in [-0.39, 0.29) is 29.7 Å². The molecule has 41 heavy (non-hydrogen) atoms. The summed E-state index contributed by atoms with van der Waals surface area (Å²) in [6.07, 6.45) is 0.0823. The zero-order valence-corrected chi connectivity index (χ0v) is 23.9. The van der Waals surface area contributed by atoms with Crippen LogP contribution in [-0.2, 0) is 27.3 Å². The average molecular weight is 566 g/mol. The van der Waals surface area contributed by atoms with Gasteiger partial charge in [-0.25, -0.2) is 0 Å². The van der Waals surface area contributed by atoms with E-state index in [1.54, 1.807) is 33.2 Å². The predicted octanol–water partition coefficient (Wildman–Crippen LogP) is 2.07. The van der Waals surface area contributed by atoms with Crippen LogP contribution >= 0.6 is 0 Å². The van der Waals surface area contributed by atoms with E-state index in [9.17, 15) is 34.8 Å². The second-order valence-electron chi connectivity index (χ2n) is 12.4. The van der Waals surface area contributed by atoms with Crippen molar-refractivity contribution in [1.82, 2.24) is 9.80 Å². The van der Waals surface area contributed by atoms with Crippen molar-refractivity contribution in [2.75, 3.05) is 28.2 Å². The average Bonchev–Trinajstić information content (AvgIpc) is 3.28. The fraction of sp³-hybridized carbons (Fsp3) is 0.433. The number of hydrogen-bond donors (Lipinski definition) is 5. The molecule has 0 unspecified atom stereocenters. The molecule has 11 nitrogen and oxygen atoms in total. The summed E-state index contributed by atoms with van der Waals surface area (Å²) in [5.41, 5.74) is -0.0438. The number of likely N-dealkylation sites (N-methyl/N-ethyl adjacent to an activating group) is 1. The van der Waals surface area contributed by atoms with E-state index in [1.165, 1.54) is 17.9 Å². The van der Waals surface area contributed by atoms with Gasteiger partial charge in [0.15, 0.2) is 11.4 Å². The molecule has 0 radical (unpaired) electrons. The molecule has 0 saturated heterocycles. The van der Waals surface area contributed by atoms with Crippen molar-refractivity contribution >= 4 is 23.2 Å². The number of primary amides is 1. The summed E-state index contributed by atoms with van der Waals surface area (Å²) in [4.78, 5) is 43.5. The Bertz CT molecular complexity index is 1580. The minimum Gasteiger partial charge on any atom is -0.508 e. The van der Waals surface area contributed by atoms with E-state index < -0.39 is 57.0 Å². The molecule has 218 valence electrons. The summed E-state index contributed by atoms with van der Waals surface area (Å²) in [5, 5.41) is 45.7. The Labute approximate surface area is 237 Å². The largest absolute Gasteiger partial charge is 0.508 e. The van der Waals surface area contributed by atoms with E-state index in [0.29, 0.717) is 29.2 Å². The van der Waals surface area contributed by atoms with Crippen molar-refractivity contribution in [2.24, 2.45) is 16.6 Å². The summed E-state index contributed by atoms with van der Waals surface area (Å²) in [7, 11) is 6.96. The van der Waals surface area contributed by atoms with Crippen LogP contribution in [0.2, 0.25) is 0 Å². The maximum atomic E-state index is 14.3. The number of phenolic OH excluding ortho intramolecular Hbond substituents is 1. The van der Waals surface area contributed by atoms with Crippen molar-refractivity contribution in [1.29, 1.82) is 0 Å². The molecule has 3 aliphatic carbocycles. The Morgan fingerprint density at radius 3 is 2.32 bits per heavy atom. The normalized spacial score (nSPS) is 29.6. The number of hydrogen-bond acceptors (Lipinski definition) is 10. The van der Waals surface area contributed by atoms with Gasteiger partial charge >= 0.3 is 0 Å². The van der Waals surface area contributed by atoms with Gasteiger partial charge < -0.3 is 35.5 Å². The number of phenols is 1. The fourth-order valence-electron chi connectivity index (χ4n) is 7.47. The summed E-state index contributed by atoms with van der Waals surface area (Å²) in [6.45, 7) is 3.81. The van der Waals surface area contributed by atoms with E-state index in [0.717, 1.165) is 0 Å². The summed E-state index contributed by atoms with van der Waals surface area (Å²) >= 11 is 0. The van der Waals surface area contributed by atoms with Gasteiger partial charge in [-0.15, -0.1) is 0 Å². The number of amides is 1. The van der Waals surface area contributed by atoms with Gasteiger partial charge in [0.05, 0.1) is 18.2 Å². The van der Waals surface area contributed by atoms with Crippen LogP contribution in [-0.4, -0.2) is 87.5 Å². The first-order valence-corrected chi connectivity index (χ1v) is 13.2. The first-order chi connectivity index (χ1) is 19.0. The SMILES string of the molecule is CN(C)Cc1ccc(-c2ccc(O)c3c2C[C@@]2(C)C[C@@]4(C)[C@H](N(C)C)C(=O)C(C(N)=O)=C(O)[C@@]4(O)C(=O)C2=C3O)o1. The number of aliphatic hydroxyl groups is 3. The van der Waals surface area contributed by atoms with Gasteiger partial charge in [0.25, 0.3) is 5.91 Å². The standard InChI is InChI=1S/C30H35N3O8/c1-28-11-16-15(18-10-7-14(41-18)12-32(3)4)8-9-17(34)19(16)22(35)21(28)26(38)30(40)25(37)20(27(31)39)23(36)24(33(5)6)29(30,2)13-28/h7-10,24,34-35,37,40H,11-13H2,1-6H3,(H2,31,39)/t24-,28+,29+,30-/m1/s1. The number of Topliss-reactive ketones (excluding diaryl/α,β-unsaturated/α-hetero) is 2. The number of nitrogens with two attached hydrogens (primary N) is 1. The third-order valence-electron chi connectivity index (χ3n) is 8.91. The monoisotopic (exact) mass is 565 g/mol. The summed E-state index contributed by atoms with van der Waals surface area (Å²) < 4.78 is 6.08. The number of nitrogens with zero attached hydrogens (tertiary/aromatic N) is 2. The highest BCUT2D eigenvalue weighted by molar-refractivity contribution is 6.25. The molecule has 0 bridgehead atoms. The molecule has 1 saturated carbocycles. The zero-order valence-electron chi connectivity index (χ0n) is 23.9. The molecule has 1 amide bonds. The molecule has 2 aromatic rings. The van der Waals surface area contributed by atoms with Crippen LogP contribution in [0.5, 0.6) is 5.75 Å². The van der Waals surface area contributed by atoms with Crippen molar-refractivity contribution in [2.45, 2.75) is 44.9 Å². The number of fused-ring (bicyclic) bond motifs is 3. The maximum Gasteiger partial charge on any atom is 0.255 e. The van der Waals surface area contributed by atoms with Gasteiger partial charge in [0, 0.05) is 22.0 Å². The molecular weight excluding hydrogens is 530 g/mol. The molecule has 11 heteroatoms. The number of carbonyl (C=O) groups is 3. The lowest BCUT2D eigenvalue weighted by Gasteiger charge is -2.59. The molecule has 4 atom stereocenters.